The molecule has 1 saturated heterocycles. The first-order chi connectivity index (χ1) is 14.3. The van der Waals surface area contributed by atoms with E-state index in [1.165, 1.54) is 36.9 Å². The predicted molar refractivity (Wildman–Crippen MR) is 111 cm³/mol. The molecule has 1 saturated carbocycles. The molecule has 1 aromatic heterocycles. The SMILES string of the molecule is c1ccc(Cn2cc(CN3C[C@H]4CC[C@H]3C4)c(-c3ccc4c(c3)OCO4)n2)cc1. The van der Waals surface area contributed by atoms with Crippen LogP contribution in [0.3, 0.4) is 0 Å². The van der Waals surface area contributed by atoms with Crippen LogP contribution in [0.1, 0.15) is 30.4 Å². The number of hydrogen-bond donors (Lipinski definition) is 0. The molecular weight excluding hydrogens is 362 g/mol. The zero-order valence-electron chi connectivity index (χ0n) is 16.5. The molecule has 0 radical (unpaired) electrons. The molecule has 3 aromatic rings. The average molecular weight is 387 g/mol. The largest absolute Gasteiger partial charge is 0.454 e. The predicted octanol–water partition coefficient (Wildman–Crippen LogP) is 4.31. The van der Waals surface area contributed by atoms with Crippen molar-refractivity contribution in [3.63, 3.8) is 0 Å². The van der Waals surface area contributed by atoms with Gasteiger partial charge in [-0.1, -0.05) is 30.3 Å². The molecule has 2 atom stereocenters. The number of piperidine rings is 1. The van der Waals surface area contributed by atoms with Crippen molar-refractivity contribution in [2.75, 3.05) is 13.3 Å². The molecule has 2 aliphatic heterocycles. The van der Waals surface area contributed by atoms with Gasteiger partial charge in [0.1, 0.15) is 0 Å². The van der Waals surface area contributed by atoms with Crippen LogP contribution in [0.2, 0.25) is 0 Å². The molecule has 0 N–H and O–H groups in total. The number of nitrogens with zero attached hydrogens (tertiary/aromatic N) is 3. The minimum Gasteiger partial charge on any atom is -0.454 e. The number of aromatic nitrogens is 2. The number of likely N-dealkylation sites (tertiary alicyclic amines) is 1. The molecule has 6 rings (SSSR count). The molecule has 2 fully saturated rings. The number of benzene rings is 2. The van der Waals surface area contributed by atoms with Gasteiger partial charge in [-0.25, -0.2) is 0 Å². The molecule has 1 aliphatic carbocycles. The van der Waals surface area contributed by atoms with Crippen LogP contribution in [-0.2, 0) is 13.1 Å². The topological polar surface area (TPSA) is 39.5 Å². The normalized spacial score (nSPS) is 22.5. The third-order valence-corrected chi connectivity index (χ3v) is 6.57. The maximum absolute atomic E-state index is 5.61. The highest BCUT2D eigenvalue weighted by Gasteiger charge is 2.38. The van der Waals surface area contributed by atoms with Gasteiger partial charge in [-0.3, -0.25) is 9.58 Å². The summed E-state index contributed by atoms with van der Waals surface area (Å²) in [5, 5.41) is 5.00. The fourth-order valence-electron chi connectivity index (χ4n) is 5.16. The van der Waals surface area contributed by atoms with Gasteiger partial charge in [-0.15, -0.1) is 0 Å². The van der Waals surface area contributed by atoms with E-state index in [4.69, 9.17) is 14.6 Å². The summed E-state index contributed by atoms with van der Waals surface area (Å²) in [6, 6.07) is 17.4. The van der Waals surface area contributed by atoms with E-state index in [1.54, 1.807) is 0 Å². The summed E-state index contributed by atoms with van der Waals surface area (Å²) in [6.45, 7) is 3.28. The summed E-state index contributed by atoms with van der Waals surface area (Å²) in [5.74, 6) is 2.52. The highest BCUT2D eigenvalue weighted by molar-refractivity contribution is 5.67. The smallest absolute Gasteiger partial charge is 0.231 e. The van der Waals surface area contributed by atoms with Gasteiger partial charge < -0.3 is 9.47 Å². The number of ether oxygens (including phenoxy) is 2. The Morgan fingerprint density at radius 3 is 2.69 bits per heavy atom. The van der Waals surface area contributed by atoms with Crippen molar-refractivity contribution in [1.82, 2.24) is 14.7 Å². The van der Waals surface area contributed by atoms with Crippen molar-refractivity contribution in [2.45, 2.75) is 38.4 Å². The second-order valence-corrected chi connectivity index (χ2v) is 8.52. The van der Waals surface area contributed by atoms with E-state index in [0.29, 0.717) is 6.79 Å². The van der Waals surface area contributed by atoms with Crippen molar-refractivity contribution in [1.29, 1.82) is 0 Å². The monoisotopic (exact) mass is 387 g/mol. The molecule has 3 aliphatic rings. The highest BCUT2D eigenvalue weighted by atomic mass is 16.7. The van der Waals surface area contributed by atoms with Crippen LogP contribution in [0, 0.1) is 5.92 Å². The van der Waals surface area contributed by atoms with Crippen molar-refractivity contribution in [2.24, 2.45) is 5.92 Å². The number of fused-ring (bicyclic) bond motifs is 3. The fraction of sp³-hybridized carbons (Fsp3) is 0.375. The first-order valence-corrected chi connectivity index (χ1v) is 10.6. The Morgan fingerprint density at radius 2 is 1.86 bits per heavy atom. The highest BCUT2D eigenvalue weighted by Crippen LogP contribution is 2.40. The summed E-state index contributed by atoms with van der Waals surface area (Å²) in [7, 11) is 0. The van der Waals surface area contributed by atoms with Gasteiger partial charge in [0.05, 0.1) is 12.2 Å². The Balaban J connectivity index is 1.34. The molecule has 148 valence electrons. The summed E-state index contributed by atoms with van der Waals surface area (Å²) in [5.41, 5.74) is 4.72. The van der Waals surface area contributed by atoms with Crippen LogP contribution in [0.15, 0.2) is 54.7 Å². The minimum absolute atomic E-state index is 0.297. The first kappa shape index (κ1) is 17.1. The van der Waals surface area contributed by atoms with Crippen LogP contribution >= 0.6 is 0 Å². The molecule has 5 heteroatoms. The maximum Gasteiger partial charge on any atom is 0.231 e. The third-order valence-electron chi connectivity index (χ3n) is 6.57. The van der Waals surface area contributed by atoms with E-state index in [-0.39, 0.29) is 0 Å². The van der Waals surface area contributed by atoms with Crippen molar-refractivity contribution in [3.8, 4) is 22.8 Å². The standard InChI is InChI=1S/C24H25N3O2/c1-2-4-17(5-3-1)13-27-15-20(14-26-12-18-6-8-21(26)10-18)24(25-27)19-7-9-22-23(11-19)29-16-28-22/h1-5,7,9,11,15,18,21H,6,8,10,12-14,16H2/t18-,21-/m0/s1. The van der Waals surface area contributed by atoms with Gasteiger partial charge in [0.2, 0.25) is 6.79 Å². The van der Waals surface area contributed by atoms with Crippen molar-refractivity contribution in [3.05, 3.63) is 65.9 Å². The van der Waals surface area contributed by atoms with E-state index in [0.717, 1.165) is 47.8 Å². The molecule has 29 heavy (non-hydrogen) atoms. The minimum atomic E-state index is 0.297. The number of rotatable bonds is 5. The molecule has 5 nitrogen and oxygen atoms in total. The lowest BCUT2D eigenvalue weighted by Crippen LogP contribution is -2.31. The Morgan fingerprint density at radius 1 is 0.966 bits per heavy atom. The molecule has 0 unspecified atom stereocenters. The van der Waals surface area contributed by atoms with Crippen LogP contribution in [-0.4, -0.2) is 34.1 Å². The van der Waals surface area contributed by atoms with Gasteiger partial charge in [0.15, 0.2) is 11.5 Å². The van der Waals surface area contributed by atoms with E-state index < -0.39 is 0 Å². The Hall–Kier alpha value is -2.79. The Labute approximate surface area is 170 Å². The van der Waals surface area contributed by atoms with E-state index in [2.05, 4.69) is 58.2 Å². The molecule has 3 heterocycles. The fourth-order valence-corrected chi connectivity index (χ4v) is 5.16. The van der Waals surface area contributed by atoms with Gasteiger partial charge in [-0.05, 0) is 48.9 Å². The zero-order chi connectivity index (χ0) is 19.2. The van der Waals surface area contributed by atoms with Crippen molar-refractivity contribution >= 4 is 0 Å². The summed E-state index contributed by atoms with van der Waals surface area (Å²) in [6.07, 6.45) is 6.36. The lowest BCUT2D eigenvalue weighted by Gasteiger charge is -2.26. The summed E-state index contributed by atoms with van der Waals surface area (Å²) >= 11 is 0. The van der Waals surface area contributed by atoms with E-state index >= 15 is 0 Å². The molecule has 0 spiro atoms. The van der Waals surface area contributed by atoms with Gasteiger partial charge in [0.25, 0.3) is 0 Å². The molecule has 2 bridgehead atoms. The molecule has 2 aromatic carbocycles. The van der Waals surface area contributed by atoms with E-state index in [9.17, 15) is 0 Å². The summed E-state index contributed by atoms with van der Waals surface area (Å²) < 4.78 is 13.2. The first-order valence-electron chi connectivity index (χ1n) is 10.6. The Bertz CT molecular complexity index is 1030. The third kappa shape index (κ3) is 3.19. The van der Waals surface area contributed by atoms with Crippen LogP contribution in [0.4, 0.5) is 0 Å². The average Bonchev–Trinajstić information content (AvgIpc) is 3.53. The number of hydrogen-bond acceptors (Lipinski definition) is 4. The van der Waals surface area contributed by atoms with Crippen LogP contribution in [0.5, 0.6) is 11.5 Å². The zero-order valence-corrected chi connectivity index (χ0v) is 16.5. The summed E-state index contributed by atoms with van der Waals surface area (Å²) in [4.78, 5) is 2.66. The van der Waals surface area contributed by atoms with E-state index in [1.807, 2.05) is 6.07 Å². The van der Waals surface area contributed by atoms with Gasteiger partial charge in [0, 0.05) is 36.5 Å². The molecular formula is C24H25N3O2. The molecule has 0 amide bonds. The lowest BCUT2D eigenvalue weighted by molar-refractivity contribution is 0.174. The van der Waals surface area contributed by atoms with Gasteiger partial charge in [-0.2, -0.15) is 5.10 Å². The van der Waals surface area contributed by atoms with Gasteiger partial charge >= 0.3 is 0 Å². The van der Waals surface area contributed by atoms with Crippen LogP contribution in [0.25, 0.3) is 11.3 Å². The quantitative estimate of drug-likeness (QED) is 0.654. The van der Waals surface area contributed by atoms with Crippen LogP contribution < -0.4 is 9.47 Å². The lowest BCUT2D eigenvalue weighted by atomic mass is 10.1. The second-order valence-electron chi connectivity index (χ2n) is 8.52. The maximum atomic E-state index is 5.61. The Kier molecular flexibility index (Phi) is 4.08. The second kappa shape index (κ2) is 6.92. The van der Waals surface area contributed by atoms with Crippen molar-refractivity contribution < 1.29 is 9.47 Å².